The molecule has 0 heterocycles. The molecule has 0 fully saturated rings. The SMILES string of the molecule is C=C/C=C/COC(=O)CC(=O)OC. The molecule has 0 aliphatic heterocycles. The predicted molar refractivity (Wildman–Crippen MR) is 46.9 cm³/mol. The molecule has 0 saturated carbocycles. The van der Waals surface area contributed by atoms with Crippen molar-refractivity contribution in [1.82, 2.24) is 0 Å². The molecule has 0 unspecified atom stereocenters. The molecule has 0 atom stereocenters. The van der Waals surface area contributed by atoms with Crippen LogP contribution in [0.15, 0.2) is 24.8 Å². The zero-order chi connectivity index (χ0) is 10.1. The minimum atomic E-state index is -0.599. The fraction of sp³-hybridized carbons (Fsp3) is 0.333. The maximum absolute atomic E-state index is 10.8. The maximum atomic E-state index is 10.8. The second-order valence-corrected chi connectivity index (χ2v) is 2.10. The molecule has 0 aliphatic rings. The lowest BCUT2D eigenvalue weighted by atomic mass is 10.4. The monoisotopic (exact) mass is 184 g/mol. The first kappa shape index (κ1) is 11.4. The minimum Gasteiger partial charge on any atom is -0.469 e. The van der Waals surface area contributed by atoms with Crippen LogP contribution in [0, 0.1) is 0 Å². The number of carbonyl (C=O) groups is 2. The summed E-state index contributed by atoms with van der Waals surface area (Å²) in [7, 11) is 1.22. The van der Waals surface area contributed by atoms with Crippen LogP contribution < -0.4 is 0 Å². The average molecular weight is 184 g/mol. The Morgan fingerprint density at radius 2 is 2.08 bits per heavy atom. The van der Waals surface area contributed by atoms with Crippen LogP contribution in [0.2, 0.25) is 0 Å². The summed E-state index contributed by atoms with van der Waals surface area (Å²) in [5, 5.41) is 0. The van der Waals surface area contributed by atoms with Crippen molar-refractivity contribution in [1.29, 1.82) is 0 Å². The number of ether oxygens (including phenoxy) is 2. The van der Waals surface area contributed by atoms with Crippen LogP contribution in [-0.2, 0) is 19.1 Å². The van der Waals surface area contributed by atoms with E-state index in [1.54, 1.807) is 18.2 Å². The molecule has 4 nitrogen and oxygen atoms in total. The lowest BCUT2D eigenvalue weighted by Crippen LogP contribution is -2.12. The number of esters is 2. The van der Waals surface area contributed by atoms with Gasteiger partial charge in [-0.2, -0.15) is 0 Å². The van der Waals surface area contributed by atoms with Crippen LogP contribution in [0.25, 0.3) is 0 Å². The third-order valence-corrected chi connectivity index (χ3v) is 1.13. The maximum Gasteiger partial charge on any atom is 0.317 e. The highest BCUT2D eigenvalue weighted by Crippen LogP contribution is 1.89. The van der Waals surface area contributed by atoms with Crippen LogP contribution in [0.3, 0.4) is 0 Å². The van der Waals surface area contributed by atoms with Gasteiger partial charge in [0.2, 0.25) is 0 Å². The molecule has 0 aliphatic carbocycles. The molecule has 0 aromatic rings. The van der Waals surface area contributed by atoms with Crippen LogP contribution in [-0.4, -0.2) is 25.7 Å². The van der Waals surface area contributed by atoms with E-state index < -0.39 is 11.9 Å². The van der Waals surface area contributed by atoms with E-state index >= 15 is 0 Å². The largest absolute Gasteiger partial charge is 0.469 e. The molecule has 0 spiro atoms. The van der Waals surface area contributed by atoms with Gasteiger partial charge in [0.1, 0.15) is 13.0 Å². The van der Waals surface area contributed by atoms with Crippen molar-refractivity contribution in [3.8, 4) is 0 Å². The summed E-state index contributed by atoms with van der Waals surface area (Å²) in [6, 6.07) is 0. The third kappa shape index (κ3) is 6.80. The second-order valence-electron chi connectivity index (χ2n) is 2.10. The van der Waals surface area contributed by atoms with E-state index in [9.17, 15) is 9.59 Å². The Hall–Kier alpha value is -1.58. The molecule has 0 aromatic heterocycles. The van der Waals surface area contributed by atoms with E-state index in [2.05, 4.69) is 16.1 Å². The molecule has 4 heteroatoms. The number of hydrogen-bond acceptors (Lipinski definition) is 4. The summed E-state index contributed by atoms with van der Waals surface area (Å²) < 4.78 is 8.92. The number of allylic oxidation sites excluding steroid dienone is 2. The van der Waals surface area contributed by atoms with Gasteiger partial charge in [-0.25, -0.2) is 0 Å². The Bertz CT molecular complexity index is 218. The Labute approximate surface area is 76.8 Å². The molecule has 0 N–H and O–H groups in total. The summed E-state index contributed by atoms with van der Waals surface area (Å²) in [5.74, 6) is -1.20. The van der Waals surface area contributed by atoms with E-state index in [-0.39, 0.29) is 13.0 Å². The highest BCUT2D eigenvalue weighted by Gasteiger charge is 2.09. The van der Waals surface area contributed by atoms with E-state index in [0.717, 1.165) is 0 Å². The molecular formula is C9H12O4. The van der Waals surface area contributed by atoms with Crippen molar-refractivity contribution < 1.29 is 19.1 Å². The molecule has 0 radical (unpaired) electrons. The van der Waals surface area contributed by atoms with Gasteiger partial charge in [-0.1, -0.05) is 18.7 Å². The van der Waals surface area contributed by atoms with E-state index in [4.69, 9.17) is 0 Å². The fourth-order valence-corrected chi connectivity index (χ4v) is 0.534. The lowest BCUT2D eigenvalue weighted by molar-refractivity contribution is -0.152. The van der Waals surface area contributed by atoms with Gasteiger partial charge in [0.05, 0.1) is 7.11 Å². The molecular weight excluding hydrogens is 172 g/mol. The van der Waals surface area contributed by atoms with Crippen LogP contribution in [0.1, 0.15) is 6.42 Å². The van der Waals surface area contributed by atoms with Crippen molar-refractivity contribution in [2.75, 3.05) is 13.7 Å². The smallest absolute Gasteiger partial charge is 0.317 e. The summed E-state index contributed by atoms with van der Waals surface area (Å²) >= 11 is 0. The first-order valence-corrected chi connectivity index (χ1v) is 3.70. The average Bonchev–Trinajstić information content (AvgIpc) is 2.12. The fourth-order valence-electron chi connectivity index (χ4n) is 0.534. The Morgan fingerprint density at radius 1 is 1.38 bits per heavy atom. The molecule has 0 rings (SSSR count). The van der Waals surface area contributed by atoms with Crippen LogP contribution in [0.5, 0.6) is 0 Å². The van der Waals surface area contributed by atoms with Crippen molar-refractivity contribution in [3.05, 3.63) is 24.8 Å². The highest BCUT2D eigenvalue weighted by atomic mass is 16.5. The van der Waals surface area contributed by atoms with Crippen molar-refractivity contribution in [2.24, 2.45) is 0 Å². The van der Waals surface area contributed by atoms with E-state index in [0.29, 0.717) is 0 Å². The lowest BCUT2D eigenvalue weighted by Gasteiger charge is -1.99. The summed E-state index contributed by atoms with van der Waals surface area (Å²) in [4.78, 5) is 21.3. The number of carbonyl (C=O) groups excluding carboxylic acids is 2. The minimum absolute atomic E-state index is 0.141. The summed E-state index contributed by atoms with van der Waals surface area (Å²) in [5.41, 5.74) is 0. The predicted octanol–water partition coefficient (Wildman–Crippen LogP) is 0.835. The number of methoxy groups -OCH3 is 1. The molecule has 0 saturated heterocycles. The Morgan fingerprint density at radius 3 is 2.62 bits per heavy atom. The van der Waals surface area contributed by atoms with Gasteiger partial charge in [-0.3, -0.25) is 9.59 Å². The van der Waals surface area contributed by atoms with Gasteiger partial charge in [0, 0.05) is 0 Å². The summed E-state index contributed by atoms with van der Waals surface area (Å²) in [6.45, 7) is 3.58. The van der Waals surface area contributed by atoms with Gasteiger partial charge in [0.15, 0.2) is 0 Å². The van der Waals surface area contributed by atoms with Crippen molar-refractivity contribution in [2.45, 2.75) is 6.42 Å². The van der Waals surface area contributed by atoms with Gasteiger partial charge in [0.25, 0.3) is 0 Å². The normalized spacial score (nSPS) is 9.62. The van der Waals surface area contributed by atoms with E-state index in [1.165, 1.54) is 7.11 Å². The Balaban J connectivity index is 3.57. The van der Waals surface area contributed by atoms with Gasteiger partial charge < -0.3 is 9.47 Å². The number of hydrogen-bond donors (Lipinski definition) is 0. The molecule has 0 bridgehead atoms. The topological polar surface area (TPSA) is 52.6 Å². The molecule has 72 valence electrons. The van der Waals surface area contributed by atoms with Gasteiger partial charge >= 0.3 is 11.9 Å². The first-order chi connectivity index (χ1) is 6.20. The van der Waals surface area contributed by atoms with Gasteiger partial charge in [-0.05, 0) is 6.08 Å². The van der Waals surface area contributed by atoms with Crippen molar-refractivity contribution in [3.63, 3.8) is 0 Å². The first-order valence-electron chi connectivity index (χ1n) is 3.70. The second kappa shape index (κ2) is 7.09. The molecule has 0 amide bonds. The van der Waals surface area contributed by atoms with Crippen molar-refractivity contribution >= 4 is 11.9 Å². The Kier molecular flexibility index (Phi) is 6.23. The van der Waals surface area contributed by atoms with Crippen LogP contribution in [0.4, 0.5) is 0 Å². The number of rotatable bonds is 5. The molecule has 0 aromatic carbocycles. The third-order valence-electron chi connectivity index (χ3n) is 1.13. The standard InChI is InChI=1S/C9H12O4/c1-3-4-5-6-13-9(11)7-8(10)12-2/h3-5H,1,6-7H2,2H3/b5-4+. The zero-order valence-corrected chi connectivity index (χ0v) is 7.49. The highest BCUT2D eigenvalue weighted by molar-refractivity contribution is 5.91. The van der Waals surface area contributed by atoms with E-state index in [1.807, 2.05) is 0 Å². The summed E-state index contributed by atoms with van der Waals surface area (Å²) in [6.07, 6.45) is 4.47. The van der Waals surface area contributed by atoms with Crippen LogP contribution >= 0.6 is 0 Å². The molecule has 13 heavy (non-hydrogen) atoms. The zero-order valence-electron chi connectivity index (χ0n) is 7.49. The quantitative estimate of drug-likeness (QED) is 0.361. The van der Waals surface area contributed by atoms with Gasteiger partial charge in [-0.15, -0.1) is 0 Å².